The molecule has 2 aromatic rings. The predicted molar refractivity (Wildman–Crippen MR) is 82.0 cm³/mol. The minimum absolute atomic E-state index is 0.0670. The fourth-order valence-corrected chi connectivity index (χ4v) is 2.49. The van der Waals surface area contributed by atoms with E-state index < -0.39 is 6.04 Å². The Morgan fingerprint density at radius 3 is 2.57 bits per heavy atom. The lowest BCUT2D eigenvalue weighted by molar-refractivity contribution is -0.141. The lowest BCUT2D eigenvalue weighted by Gasteiger charge is -2.18. The van der Waals surface area contributed by atoms with E-state index in [1.54, 1.807) is 36.4 Å². The molecule has 110 valence electrons. The largest absolute Gasteiger partial charge is 0.469 e. The number of nitrogens with two attached hydrogens (primary N) is 1. The van der Waals surface area contributed by atoms with Crippen molar-refractivity contribution in [3.8, 4) is 0 Å². The summed E-state index contributed by atoms with van der Waals surface area (Å²) in [4.78, 5) is 24.3. The minimum Gasteiger partial charge on any atom is -0.469 e. The number of nitrogen functional groups attached to an aromatic ring is 1. The summed E-state index contributed by atoms with van der Waals surface area (Å²) in [6.45, 7) is 0. The van der Waals surface area contributed by atoms with E-state index in [-0.39, 0.29) is 18.3 Å². The van der Waals surface area contributed by atoms with Gasteiger partial charge in [0.25, 0.3) is 5.91 Å². The van der Waals surface area contributed by atoms with E-state index in [9.17, 15) is 9.59 Å². The van der Waals surface area contributed by atoms with Gasteiger partial charge < -0.3 is 15.8 Å². The molecule has 0 saturated heterocycles. The number of hydrogen-bond donors (Lipinski definition) is 2. The first-order chi connectivity index (χ1) is 10.1. The maximum absolute atomic E-state index is 12.1. The molecule has 0 saturated carbocycles. The summed E-state index contributed by atoms with van der Waals surface area (Å²) < 4.78 is 4.69. The Balaban J connectivity index is 2.17. The quantitative estimate of drug-likeness (QED) is 0.656. The van der Waals surface area contributed by atoms with Gasteiger partial charge in [0, 0.05) is 5.69 Å². The summed E-state index contributed by atoms with van der Waals surface area (Å²) in [5.41, 5.74) is 7.09. The second-order valence-corrected chi connectivity index (χ2v) is 5.40. The van der Waals surface area contributed by atoms with E-state index >= 15 is 0 Å². The average Bonchev–Trinajstić information content (AvgIpc) is 3.01. The van der Waals surface area contributed by atoms with Crippen LogP contribution in [0, 0.1) is 0 Å². The highest BCUT2D eigenvalue weighted by molar-refractivity contribution is 7.12. The molecule has 0 spiro atoms. The molecular weight excluding hydrogens is 288 g/mol. The molecule has 6 heteroatoms. The van der Waals surface area contributed by atoms with Gasteiger partial charge in [-0.05, 0) is 29.1 Å². The van der Waals surface area contributed by atoms with Gasteiger partial charge in [-0.3, -0.25) is 9.59 Å². The van der Waals surface area contributed by atoms with Crippen LogP contribution in [0.3, 0.4) is 0 Å². The van der Waals surface area contributed by atoms with Gasteiger partial charge in [-0.25, -0.2) is 0 Å². The molecule has 2 rings (SSSR count). The molecule has 0 radical (unpaired) electrons. The molecule has 1 aromatic heterocycles. The van der Waals surface area contributed by atoms with Crippen LogP contribution in [0.25, 0.3) is 0 Å². The van der Waals surface area contributed by atoms with Crippen molar-refractivity contribution in [2.45, 2.75) is 12.5 Å². The highest BCUT2D eigenvalue weighted by atomic mass is 32.1. The second-order valence-electron chi connectivity index (χ2n) is 4.45. The van der Waals surface area contributed by atoms with Crippen LogP contribution in [0.5, 0.6) is 0 Å². The Bertz CT molecular complexity index is 608. The third-order valence-electron chi connectivity index (χ3n) is 2.99. The molecule has 0 aliphatic heterocycles. The number of ether oxygens (including phenoxy) is 1. The van der Waals surface area contributed by atoms with Crippen LogP contribution in [0.4, 0.5) is 5.69 Å². The molecule has 0 aliphatic rings. The Morgan fingerprint density at radius 1 is 1.29 bits per heavy atom. The van der Waals surface area contributed by atoms with Crippen LogP contribution >= 0.6 is 11.3 Å². The van der Waals surface area contributed by atoms with Crippen LogP contribution in [0.15, 0.2) is 41.8 Å². The van der Waals surface area contributed by atoms with E-state index in [1.165, 1.54) is 18.4 Å². The van der Waals surface area contributed by atoms with Gasteiger partial charge in [0.05, 0.1) is 24.4 Å². The van der Waals surface area contributed by atoms with Crippen LogP contribution in [-0.4, -0.2) is 19.0 Å². The molecule has 21 heavy (non-hydrogen) atoms. The van der Waals surface area contributed by atoms with E-state index in [0.717, 1.165) is 5.56 Å². The van der Waals surface area contributed by atoms with Crippen LogP contribution in [-0.2, 0) is 9.53 Å². The maximum Gasteiger partial charge on any atom is 0.307 e. The van der Waals surface area contributed by atoms with E-state index in [1.807, 2.05) is 5.38 Å². The van der Waals surface area contributed by atoms with Crippen LogP contribution in [0.1, 0.15) is 27.7 Å². The van der Waals surface area contributed by atoms with Crippen molar-refractivity contribution in [1.82, 2.24) is 5.32 Å². The smallest absolute Gasteiger partial charge is 0.307 e. The first-order valence-corrected chi connectivity index (χ1v) is 7.24. The summed E-state index contributed by atoms with van der Waals surface area (Å²) in [6.07, 6.45) is 0.0670. The Morgan fingerprint density at radius 2 is 2.00 bits per heavy atom. The van der Waals surface area contributed by atoms with Crippen LogP contribution in [0.2, 0.25) is 0 Å². The van der Waals surface area contributed by atoms with Gasteiger partial charge in [0.1, 0.15) is 0 Å². The number of thiophene rings is 1. The lowest BCUT2D eigenvalue weighted by atomic mass is 10.0. The van der Waals surface area contributed by atoms with E-state index in [4.69, 9.17) is 5.73 Å². The standard InChI is InChI=1S/C15H16N2O3S/c1-20-14(18)9-12(10-4-6-11(16)7-5-10)17-15(19)13-3-2-8-21-13/h2-8,12H,9,16H2,1H3,(H,17,19)/t12-/m1/s1. The molecule has 5 nitrogen and oxygen atoms in total. The molecule has 3 N–H and O–H groups in total. The number of rotatable bonds is 5. The maximum atomic E-state index is 12.1. The number of benzene rings is 1. The summed E-state index contributed by atoms with van der Waals surface area (Å²) in [7, 11) is 1.32. The minimum atomic E-state index is -0.451. The number of anilines is 1. The Hall–Kier alpha value is -2.34. The van der Waals surface area contributed by atoms with Crippen molar-refractivity contribution in [3.63, 3.8) is 0 Å². The molecular formula is C15H16N2O3S. The molecule has 0 aliphatic carbocycles. The first kappa shape index (κ1) is 15.1. The van der Waals surface area contributed by atoms with E-state index in [2.05, 4.69) is 10.1 Å². The Kier molecular flexibility index (Phi) is 4.94. The molecule has 1 atom stereocenters. The summed E-state index contributed by atoms with van der Waals surface area (Å²) in [5, 5.41) is 4.68. The number of methoxy groups -OCH3 is 1. The molecule has 0 bridgehead atoms. The summed E-state index contributed by atoms with van der Waals surface area (Å²) in [5.74, 6) is -0.598. The molecule has 0 unspecified atom stereocenters. The highest BCUT2D eigenvalue weighted by Gasteiger charge is 2.20. The number of carbonyl (C=O) groups excluding carboxylic acids is 2. The number of esters is 1. The summed E-state index contributed by atoms with van der Waals surface area (Å²) in [6, 6.07) is 10.1. The van der Waals surface area contributed by atoms with Crippen molar-refractivity contribution in [3.05, 3.63) is 52.2 Å². The van der Waals surface area contributed by atoms with Gasteiger partial charge in [0.15, 0.2) is 0 Å². The third-order valence-corrected chi connectivity index (χ3v) is 3.86. The molecule has 1 heterocycles. The predicted octanol–water partition coefficient (Wildman–Crippen LogP) is 2.36. The number of carbonyl (C=O) groups is 2. The number of hydrogen-bond acceptors (Lipinski definition) is 5. The van der Waals surface area contributed by atoms with Gasteiger partial charge in [-0.15, -0.1) is 11.3 Å². The monoisotopic (exact) mass is 304 g/mol. The van der Waals surface area contributed by atoms with Gasteiger partial charge in [0.2, 0.25) is 0 Å². The fraction of sp³-hybridized carbons (Fsp3) is 0.200. The van der Waals surface area contributed by atoms with Crippen LogP contribution < -0.4 is 11.1 Å². The topological polar surface area (TPSA) is 81.4 Å². The molecule has 1 amide bonds. The van der Waals surface area contributed by atoms with Crippen molar-refractivity contribution in [2.75, 3.05) is 12.8 Å². The third kappa shape index (κ3) is 4.06. The number of nitrogens with one attached hydrogen (secondary N) is 1. The van der Waals surface area contributed by atoms with Crippen molar-refractivity contribution < 1.29 is 14.3 Å². The first-order valence-electron chi connectivity index (χ1n) is 6.36. The zero-order chi connectivity index (χ0) is 15.2. The van der Waals surface area contributed by atoms with Crippen molar-refractivity contribution in [2.24, 2.45) is 0 Å². The van der Waals surface area contributed by atoms with Gasteiger partial charge in [-0.1, -0.05) is 18.2 Å². The van der Waals surface area contributed by atoms with Crippen molar-refractivity contribution >= 4 is 28.9 Å². The average molecular weight is 304 g/mol. The van der Waals surface area contributed by atoms with Gasteiger partial charge in [-0.2, -0.15) is 0 Å². The lowest BCUT2D eigenvalue weighted by Crippen LogP contribution is -2.30. The summed E-state index contributed by atoms with van der Waals surface area (Å²) >= 11 is 1.35. The second kappa shape index (κ2) is 6.90. The zero-order valence-electron chi connectivity index (χ0n) is 11.5. The molecule has 1 aromatic carbocycles. The SMILES string of the molecule is COC(=O)C[C@@H](NC(=O)c1cccs1)c1ccc(N)cc1. The number of amides is 1. The fourth-order valence-electron chi connectivity index (χ4n) is 1.87. The molecule has 0 fully saturated rings. The normalized spacial score (nSPS) is 11.7. The van der Waals surface area contributed by atoms with Gasteiger partial charge >= 0.3 is 5.97 Å². The van der Waals surface area contributed by atoms with E-state index in [0.29, 0.717) is 10.6 Å². The highest BCUT2D eigenvalue weighted by Crippen LogP contribution is 2.20. The Labute approximate surface area is 126 Å². The van der Waals surface area contributed by atoms with Crippen molar-refractivity contribution in [1.29, 1.82) is 0 Å². The zero-order valence-corrected chi connectivity index (χ0v) is 12.4.